The molecule has 2 atom stereocenters. The summed E-state index contributed by atoms with van der Waals surface area (Å²) in [5, 5.41) is 4.43. The Hall–Kier alpha value is -1.46. The van der Waals surface area contributed by atoms with Crippen LogP contribution >= 0.6 is 11.3 Å². The minimum absolute atomic E-state index is 0.775. The van der Waals surface area contributed by atoms with E-state index in [0.29, 0.717) is 0 Å². The van der Waals surface area contributed by atoms with Crippen LogP contribution in [-0.4, -0.2) is 41.0 Å². The first-order valence-corrected chi connectivity index (χ1v) is 8.08. The summed E-state index contributed by atoms with van der Waals surface area (Å²) in [6.45, 7) is 5.75. The van der Waals surface area contributed by atoms with Gasteiger partial charge >= 0.3 is 0 Å². The molecule has 20 heavy (non-hydrogen) atoms. The van der Waals surface area contributed by atoms with Crippen LogP contribution in [0.25, 0.3) is 0 Å². The van der Waals surface area contributed by atoms with Crippen molar-refractivity contribution in [2.75, 3.05) is 31.1 Å². The maximum Gasteiger partial charge on any atom is 0.225 e. The molecule has 4 rings (SSSR count). The van der Waals surface area contributed by atoms with E-state index < -0.39 is 0 Å². The minimum Gasteiger partial charge on any atom is -0.340 e. The average Bonchev–Trinajstić information content (AvgIpc) is 3.16. The molecule has 0 amide bonds. The highest BCUT2D eigenvalue weighted by atomic mass is 32.1. The zero-order valence-corrected chi connectivity index (χ0v) is 12.2. The fraction of sp³-hybridized carbons (Fsp3) is 0.467. The number of fused-ring (bicyclic) bond motifs is 1. The average molecular weight is 286 g/mol. The number of hydrogen-bond acceptors (Lipinski definition) is 5. The molecule has 2 aliphatic heterocycles. The van der Waals surface area contributed by atoms with E-state index in [-0.39, 0.29) is 0 Å². The quantitative estimate of drug-likeness (QED) is 0.865. The van der Waals surface area contributed by atoms with Gasteiger partial charge in [0.15, 0.2) is 0 Å². The summed E-state index contributed by atoms with van der Waals surface area (Å²) in [7, 11) is 0. The predicted octanol–water partition coefficient (Wildman–Crippen LogP) is 2.11. The van der Waals surface area contributed by atoms with Gasteiger partial charge in [0, 0.05) is 45.1 Å². The fourth-order valence-electron chi connectivity index (χ4n) is 3.48. The van der Waals surface area contributed by atoms with Crippen molar-refractivity contribution in [3.63, 3.8) is 0 Å². The van der Waals surface area contributed by atoms with Crippen molar-refractivity contribution >= 4 is 17.3 Å². The summed E-state index contributed by atoms with van der Waals surface area (Å²) in [5.74, 6) is 2.45. The zero-order chi connectivity index (χ0) is 13.4. The summed E-state index contributed by atoms with van der Waals surface area (Å²) in [6.07, 6.45) is 3.67. The van der Waals surface area contributed by atoms with Gasteiger partial charge in [0.05, 0.1) is 0 Å². The first-order valence-electron chi connectivity index (χ1n) is 7.14. The molecule has 0 spiro atoms. The van der Waals surface area contributed by atoms with Crippen molar-refractivity contribution in [2.24, 2.45) is 11.8 Å². The number of anilines is 1. The molecule has 0 N–H and O–H groups in total. The largest absolute Gasteiger partial charge is 0.340 e. The van der Waals surface area contributed by atoms with E-state index in [1.54, 1.807) is 11.3 Å². The van der Waals surface area contributed by atoms with E-state index in [2.05, 4.69) is 36.6 Å². The standard InChI is InChI=1S/C15H18N4S/c1-3-16-15(17-4-1)19-9-13-7-18(8-14(13)10-19)6-12-2-5-20-11-12/h1-5,11,13-14H,6-10H2/t13-,14-/m0/s1. The number of hydrogen-bond donors (Lipinski definition) is 0. The maximum atomic E-state index is 4.37. The van der Waals surface area contributed by atoms with E-state index >= 15 is 0 Å². The van der Waals surface area contributed by atoms with Crippen molar-refractivity contribution in [1.29, 1.82) is 0 Å². The molecule has 2 aliphatic rings. The van der Waals surface area contributed by atoms with Gasteiger partial charge < -0.3 is 4.90 Å². The topological polar surface area (TPSA) is 32.3 Å². The van der Waals surface area contributed by atoms with Gasteiger partial charge in [-0.05, 0) is 40.3 Å². The van der Waals surface area contributed by atoms with Crippen LogP contribution in [0.2, 0.25) is 0 Å². The normalized spacial score (nSPS) is 26.1. The van der Waals surface area contributed by atoms with Gasteiger partial charge in [0.1, 0.15) is 0 Å². The van der Waals surface area contributed by atoms with Crippen LogP contribution in [-0.2, 0) is 6.54 Å². The molecule has 4 nitrogen and oxygen atoms in total. The Bertz CT molecular complexity index is 543. The number of rotatable bonds is 3. The molecule has 0 bridgehead atoms. The summed E-state index contributed by atoms with van der Waals surface area (Å²) in [5.41, 5.74) is 1.46. The summed E-state index contributed by atoms with van der Waals surface area (Å²) in [4.78, 5) is 13.7. The Balaban J connectivity index is 1.38. The van der Waals surface area contributed by atoms with Crippen molar-refractivity contribution in [3.05, 3.63) is 40.8 Å². The van der Waals surface area contributed by atoms with E-state index in [1.807, 2.05) is 18.5 Å². The van der Waals surface area contributed by atoms with Crippen molar-refractivity contribution < 1.29 is 0 Å². The van der Waals surface area contributed by atoms with Crippen LogP contribution < -0.4 is 4.90 Å². The molecule has 0 radical (unpaired) electrons. The molecule has 2 saturated heterocycles. The van der Waals surface area contributed by atoms with Crippen LogP contribution in [0.5, 0.6) is 0 Å². The molecule has 2 aromatic heterocycles. The smallest absolute Gasteiger partial charge is 0.225 e. The molecule has 0 saturated carbocycles. The second kappa shape index (κ2) is 5.14. The highest BCUT2D eigenvalue weighted by molar-refractivity contribution is 7.07. The van der Waals surface area contributed by atoms with Gasteiger partial charge in [0.2, 0.25) is 5.95 Å². The highest BCUT2D eigenvalue weighted by Gasteiger charge is 2.40. The molecule has 0 aromatic carbocycles. The lowest BCUT2D eigenvalue weighted by atomic mass is 10.0. The predicted molar refractivity (Wildman–Crippen MR) is 80.8 cm³/mol. The molecule has 0 aliphatic carbocycles. The van der Waals surface area contributed by atoms with Crippen LogP contribution in [0.1, 0.15) is 5.56 Å². The summed E-state index contributed by atoms with van der Waals surface area (Å²) in [6, 6.07) is 4.12. The number of thiophene rings is 1. The van der Waals surface area contributed by atoms with E-state index in [9.17, 15) is 0 Å². The Labute approximate surface area is 123 Å². The van der Waals surface area contributed by atoms with E-state index in [1.165, 1.54) is 18.7 Å². The lowest BCUT2D eigenvalue weighted by Crippen LogP contribution is -2.29. The highest BCUT2D eigenvalue weighted by Crippen LogP contribution is 2.33. The lowest BCUT2D eigenvalue weighted by Gasteiger charge is -2.21. The van der Waals surface area contributed by atoms with Crippen LogP contribution in [0.3, 0.4) is 0 Å². The third-order valence-electron chi connectivity index (χ3n) is 4.38. The monoisotopic (exact) mass is 286 g/mol. The molecule has 2 fully saturated rings. The van der Waals surface area contributed by atoms with Crippen molar-refractivity contribution in [1.82, 2.24) is 14.9 Å². The molecule has 4 heterocycles. The van der Waals surface area contributed by atoms with Gasteiger partial charge in [-0.1, -0.05) is 0 Å². The Morgan fingerprint density at radius 3 is 2.50 bits per heavy atom. The second-order valence-electron chi connectivity index (χ2n) is 5.80. The van der Waals surface area contributed by atoms with E-state index in [0.717, 1.165) is 37.4 Å². The van der Waals surface area contributed by atoms with Gasteiger partial charge in [-0.3, -0.25) is 4.90 Å². The lowest BCUT2D eigenvalue weighted by molar-refractivity contribution is 0.309. The van der Waals surface area contributed by atoms with Crippen LogP contribution in [0.4, 0.5) is 5.95 Å². The van der Waals surface area contributed by atoms with Crippen molar-refractivity contribution in [2.45, 2.75) is 6.54 Å². The maximum absolute atomic E-state index is 4.37. The van der Waals surface area contributed by atoms with Crippen LogP contribution in [0, 0.1) is 11.8 Å². The summed E-state index contributed by atoms with van der Waals surface area (Å²) >= 11 is 1.79. The molecule has 0 unspecified atom stereocenters. The number of nitrogens with zero attached hydrogens (tertiary/aromatic N) is 4. The minimum atomic E-state index is 0.775. The number of likely N-dealkylation sites (tertiary alicyclic amines) is 1. The SMILES string of the molecule is c1cnc(N2C[C@@H]3CN(Cc4ccsc4)C[C@H]3C2)nc1. The summed E-state index contributed by atoms with van der Waals surface area (Å²) < 4.78 is 0. The fourth-order valence-corrected chi connectivity index (χ4v) is 4.14. The molecular weight excluding hydrogens is 268 g/mol. The first kappa shape index (κ1) is 12.3. The molecule has 5 heteroatoms. The third kappa shape index (κ3) is 2.31. The zero-order valence-electron chi connectivity index (χ0n) is 11.4. The van der Waals surface area contributed by atoms with E-state index in [4.69, 9.17) is 0 Å². The number of aromatic nitrogens is 2. The Morgan fingerprint density at radius 1 is 1.10 bits per heavy atom. The van der Waals surface area contributed by atoms with Crippen molar-refractivity contribution in [3.8, 4) is 0 Å². The Kier molecular flexibility index (Phi) is 3.16. The van der Waals surface area contributed by atoms with Crippen LogP contribution in [0.15, 0.2) is 35.3 Å². The van der Waals surface area contributed by atoms with Gasteiger partial charge in [-0.15, -0.1) is 0 Å². The molecule has 104 valence electrons. The first-order chi connectivity index (χ1) is 9.88. The third-order valence-corrected chi connectivity index (χ3v) is 5.12. The second-order valence-corrected chi connectivity index (χ2v) is 6.58. The molecule has 2 aromatic rings. The van der Waals surface area contributed by atoms with Gasteiger partial charge in [0.25, 0.3) is 0 Å². The molecular formula is C15H18N4S. The Morgan fingerprint density at radius 2 is 1.85 bits per heavy atom. The van der Waals surface area contributed by atoms with Gasteiger partial charge in [-0.25, -0.2) is 9.97 Å². The van der Waals surface area contributed by atoms with Gasteiger partial charge in [-0.2, -0.15) is 11.3 Å².